The lowest BCUT2D eigenvalue weighted by Crippen LogP contribution is -2.31. The molecule has 6 nitrogen and oxygen atoms in total. The molecule has 1 atom stereocenters. The molecule has 0 spiro atoms. The van der Waals surface area contributed by atoms with Gasteiger partial charge in [0.1, 0.15) is 5.82 Å². The molecule has 0 bridgehead atoms. The Hall–Kier alpha value is -1.79. The summed E-state index contributed by atoms with van der Waals surface area (Å²) in [5.41, 5.74) is 5.81. The molecule has 0 aliphatic rings. The summed E-state index contributed by atoms with van der Waals surface area (Å²) in [6.07, 6.45) is 2.49. The summed E-state index contributed by atoms with van der Waals surface area (Å²) in [5.74, 6) is 6.36. The van der Waals surface area contributed by atoms with Crippen molar-refractivity contribution in [1.82, 2.24) is 25.2 Å². The van der Waals surface area contributed by atoms with Crippen molar-refractivity contribution >= 4 is 0 Å². The minimum atomic E-state index is -0.0403. The predicted octanol–water partition coefficient (Wildman–Crippen LogP) is 0.574. The highest BCUT2D eigenvalue weighted by Gasteiger charge is 2.15. The van der Waals surface area contributed by atoms with Crippen LogP contribution in [0.3, 0.4) is 0 Å². The minimum Gasteiger partial charge on any atom is -0.272 e. The topological polar surface area (TPSA) is 81.6 Å². The summed E-state index contributed by atoms with van der Waals surface area (Å²) >= 11 is 0. The molecule has 0 aromatic carbocycles. The van der Waals surface area contributed by atoms with E-state index < -0.39 is 0 Å². The van der Waals surface area contributed by atoms with Gasteiger partial charge in [-0.15, -0.1) is 0 Å². The fourth-order valence-corrected chi connectivity index (χ4v) is 1.98. The Morgan fingerprint density at radius 2 is 2.22 bits per heavy atom. The van der Waals surface area contributed by atoms with Gasteiger partial charge in [0.2, 0.25) is 0 Å². The average Bonchev–Trinajstić information content (AvgIpc) is 2.64. The van der Waals surface area contributed by atoms with Gasteiger partial charge >= 0.3 is 0 Å². The number of hydrogen-bond acceptors (Lipinski definition) is 5. The van der Waals surface area contributed by atoms with Gasteiger partial charge in [-0.25, -0.2) is 9.97 Å². The summed E-state index contributed by atoms with van der Waals surface area (Å²) in [5, 5.41) is 4.32. The molecular formula is C12H18N6. The van der Waals surface area contributed by atoms with Crippen LogP contribution in [0.25, 0.3) is 0 Å². The number of hydrazine groups is 1. The SMILES string of the molecule is Cc1cc(CC(NN)c2ccnc(C)n2)n(C)n1. The first-order chi connectivity index (χ1) is 8.60. The van der Waals surface area contributed by atoms with Crippen LogP contribution in [-0.2, 0) is 13.5 Å². The minimum absolute atomic E-state index is 0.0403. The van der Waals surface area contributed by atoms with Crippen molar-refractivity contribution in [2.45, 2.75) is 26.3 Å². The van der Waals surface area contributed by atoms with E-state index in [0.29, 0.717) is 0 Å². The maximum Gasteiger partial charge on any atom is 0.125 e. The van der Waals surface area contributed by atoms with E-state index in [9.17, 15) is 0 Å². The number of hydrogen-bond donors (Lipinski definition) is 2. The molecule has 0 amide bonds. The van der Waals surface area contributed by atoms with Crippen molar-refractivity contribution in [3.05, 3.63) is 41.2 Å². The van der Waals surface area contributed by atoms with E-state index in [2.05, 4.69) is 26.6 Å². The molecule has 3 N–H and O–H groups in total. The summed E-state index contributed by atoms with van der Waals surface area (Å²) in [4.78, 5) is 8.48. The zero-order valence-electron chi connectivity index (χ0n) is 10.9. The van der Waals surface area contributed by atoms with Gasteiger partial charge in [0, 0.05) is 25.4 Å². The Morgan fingerprint density at radius 1 is 1.44 bits per heavy atom. The zero-order valence-corrected chi connectivity index (χ0v) is 10.9. The molecule has 2 aromatic heterocycles. The molecule has 2 rings (SSSR count). The second-order valence-corrected chi connectivity index (χ2v) is 4.35. The lowest BCUT2D eigenvalue weighted by atomic mass is 10.1. The van der Waals surface area contributed by atoms with E-state index in [1.54, 1.807) is 6.20 Å². The van der Waals surface area contributed by atoms with Gasteiger partial charge in [0.15, 0.2) is 0 Å². The van der Waals surface area contributed by atoms with Crippen molar-refractivity contribution in [1.29, 1.82) is 0 Å². The van der Waals surface area contributed by atoms with Crippen LogP contribution < -0.4 is 11.3 Å². The summed E-state index contributed by atoms with van der Waals surface area (Å²) in [6.45, 7) is 3.84. The Bertz CT molecular complexity index is 533. The fraction of sp³-hybridized carbons (Fsp3) is 0.417. The highest BCUT2D eigenvalue weighted by Crippen LogP contribution is 2.16. The molecule has 0 aliphatic heterocycles. The van der Waals surface area contributed by atoms with Crippen LogP contribution in [0, 0.1) is 13.8 Å². The van der Waals surface area contributed by atoms with Crippen LogP contribution in [0.15, 0.2) is 18.3 Å². The van der Waals surface area contributed by atoms with Crippen LogP contribution in [0.4, 0.5) is 0 Å². The van der Waals surface area contributed by atoms with E-state index in [4.69, 9.17) is 5.84 Å². The second kappa shape index (κ2) is 5.24. The summed E-state index contributed by atoms with van der Waals surface area (Å²) < 4.78 is 1.87. The molecule has 2 heterocycles. The van der Waals surface area contributed by atoms with Crippen LogP contribution >= 0.6 is 0 Å². The summed E-state index contributed by atoms with van der Waals surface area (Å²) in [6, 6.07) is 3.89. The normalized spacial score (nSPS) is 12.7. The molecule has 0 fully saturated rings. The zero-order chi connectivity index (χ0) is 13.1. The van der Waals surface area contributed by atoms with E-state index in [1.807, 2.05) is 31.6 Å². The van der Waals surface area contributed by atoms with Crippen LogP contribution in [-0.4, -0.2) is 19.7 Å². The average molecular weight is 246 g/mol. The Morgan fingerprint density at radius 3 is 2.78 bits per heavy atom. The Kier molecular flexibility index (Phi) is 3.69. The van der Waals surface area contributed by atoms with E-state index >= 15 is 0 Å². The van der Waals surface area contributed by atoms with Crippen molar-refractivity contribution in [3.63, 3.8) is 0 Å². The van der Waals surface area contributed by atoms with E-state index in [0.717, 1.165) is 29.3 Å². The molecule has 2 aromatic rings. The maximum absolute atomic E-state index is 5.62. The van der Waals surface area contributed by atoms with Crippen molar-refractivity contribution < 1.29 is 0 Å². The molecule has 1 unspecified atom stereocenters. The molecule has 96 valence electrons. The van der Waals surface area contributed by atoms with Gasteiger partial charge in [-0.05, 0) is 26.0 Å². The first kappa shape index (κ1) is 12.7. The fourth-order valence-electron chi connectivity index (χ4n) is 1.98. The number of nitrogens with zero attached hydrogens (tertiary/aromatic N) is 4. The van der Waals surface area contributed by atoms with E-state index in [-0.39, 0.29) is 6.04 Å². The third-order valence-electron chi connectivity index (χ3n) is 2.87. The highest BCUT2D eigenvalue weighted by molar-refractivity contribution is 5.15. The van der Waals surface area contributed by atoms with Gasteiger partial charge in [0.05, 0.1) is 17.4 Å². The number of nitrogens with one attached hydrogen (secondary N) is 1. The third-order valence-corrected chi connectivity index (χ3v) is 2.87. The van der Waals surface area contributed by atoms with Gasteiger partial charge in [-0.2, -0.15) is 5.10 Å². The van der Waals surface area contributed by atoms with Crippen molar-refractivity contribution in [3.8, 4) is 0 Å². The molecule has 0 radical (unpaired) electrons. The molecule has 0 saturated carbocycles. The van der Waals surface area contributed by atoms with Gasteiger partial charge < -0.3 is 0 Å². The lowest BCUT2D eigenvalue weighted by Gasteiger charge is -2.15. The molecule has 0 saturated heterocycles. The smallest absolute Gasteiger partial charge is 0.125 e. The third kappa shape index (κ3) is 2.72. The number of nitrogens with two attached hydrogens (primary N) is 1. The predicted molar refractivity (Wildman–Crippen MR) is 68.5 cm³/mol. The standard InChI is InChI=1S/C12H18N6/c1-8-6-10(18(3)17-8)7-12(16-13)11-4-5-14-9(2)15-11/h4-6,12,16H,7,13H2,1-3H3. The first-order valence-corrected chi connectivity index (χ1v) is 5.85. The van der Waals surface area contributed by atoms with Crippen LogP contribution in [0.2, 0.25) is 0 Å². The van der Waals surface area contributed by atoms with Gasteiger partial charge in [-0.1, -0.05) is 0 Å². The van der Waals surface area contributed by atoms with Gasteiger partial charge in [-0.3, -0.25) is 16.0 Å². The molecule has 0 aliphatic carbocycles. The molecule has 18 heavy (non-hydrogen) atoms. The molecular weight excluding hydrogens is 228 g/mol. The number of aryl methyl sites for hydroxylation is 3. The number of aromatic nitrogens is 4. The Labute approximate surface area is 106 Å². The Balaban J connectivity index is 2.22. The first-order valence-electron chi connectivity index (χ1n) is 5.85. The largest absolute Gasteiger partial charge is 0.272 e. The summed E-state index contributed by atoms with van der Waals surface area (Å²) in [7, 11) is 1.93. The highest BCUT2D eigenvalue weighted by atomic mass is 15.3. The quantitative estimate of drug-likeness (QED) is 0.609. The van der Waals surface area contributed by atoms with Crippen LogP contribution in [0.5, 0.6) is 0 Å². The number of rotatable bonds is 4. The maximum atomic E-state index is 5.62. The van der Waals surface area contributed by atoms with Gasteiger partial charge in [0.25, 0.3) is 0 Å². The van der Waals surface area contributed by atoms with E-state index in [1.165, 1.54) is 0 Å². The monoisotopic (exact) mass is 246 g/mol. The van der Waals surface area contributed by atoms with Crippen molar-refractivity contribution in [2.24, 2.45) is 12.9 Å². The van der Waals surface area contributed by atoms with Crippen molar-refractivity contribution in [2.75, 3.05) is 0 Å². The second-order valence-electron chi connectivity index (χ2n) is 4.35. The lowest BCUT2D eigenvalue weighted by molar-refractivity contribution is 0.516. The van der Waals surface area contributed by atoms with Crippen LogP contribution in [0.1, 0.15) is 28.9 Å². The molecule has 6 heteroatoms.